The number of hydrogen-bond donors (Lipinski definition) is 0. The Morgan fingerprint density at radius 3 is 2.42 bits per heavy atom. The second-order valence-corrected chi connectivity index (χ2v) is 6.10. The van der Waals surface area contributed by atoms with Crippen molar-refractivity contribution in [1.82, 2.24) is 4.98 Å². The van der Waals surface area contributed by atoms with Gasteiger partial charge in [0.05, 0.1) is 21.8 Å². The molecule has 0 radical (unpaired) electrons. The van der Waals surface area contributed by atoms with Gasteiger partial charge < -0.3 is 9.31 Å². The molecule has 1 aliphatic rings. The number of halogens is 1. The van der Waals surface area contributed by atoms with Crippen LogP contribution in [0.5, 0.6) is 0 Å². The molecule has 1 aromatic rings. The molecule has 0 N–H and O–H groups in total. The summed E-state index contributed by atoms with van der Waals surface area (Å²) in [6.07, 6.45) is 7.42. The monoisotopic (exact) mass is 277 g/mol. The number of rotatable bonds is 2. The molecule has 1 fully saturated rings. The fraction of sp³-hybridized carbons (Fsp3) is 0.500. The van der Waals surface area contributed by atoms with Crippen LogP contribution in [-0.2, 0) is 15.7 Å². The molecule has 2 heterocycles. The molecule has 0 aliphatic carbocycles. The molecule has 19 heavy (non-hydrogen) atoms. The average Bonchev–Trinajstić information content (AvgIpc) is 2.48. The van der Waals surface area contributed by atoms with Gasteiger partial charge in [-0.3, -0.25) is 4.98 Å². The molecule has 3 nitrogen and oxygen atoms in total. The van der Waals surface area contributed by atoms with Gasteiger partial charge in [0.25, 0.3) is 0 Å². The molecule has 0 atom stereocenters. The zero-order valence-electron chi connectivity index (χ0n) is 11.7. The Kier molecular flexibility index (Phi) is 3.66. The van der Waals surface area contributed by atoms with Crippen LogP contribution < -0.4 is 5.59 Å². The highest BCUT2D eigenvalue weighted by atomic mass is 35.5. The lowest BCUT2D eigenvalue weighted by Crippen LogP contribution is -2.41. The van der Waals surface area contributed by atoms with Crippen molar-refractivity contribution in [1.29, 1.82) is 0 Å². The first-order valence-corrected chi connectivity index (χ1v) is 6.58. The lowest BCUT2D eigenvalue weighted by Gasteiger charge is -2.32. The van der Waals surface area contributed by atoms with E-state index in [2.05, 4.69) is 10.9 Å². The second-order valence-electron chi connectivity index (χ2n) is 5.67. The fourth-order valence-electron chi connectivity index (χ4n) is 1.91. The highest BCUT2D eigenvalue weighted by Gasteiger charge is 2.52. The van der Waals surface area contributed by atoms with Crippen LogP contribution in [0, 0.1) is 12.3 Å². The van der Waals surface area contributed by atoms with Gasteiger partial charge in [0.15, 0.2) is 0 Å². The molecule has 1 aromatic heterocycles. The summed E-state index contributed by atoms with van der Waals surface area (Å²) in [6, 6.07) is 1.81. The Balaban J connectivity index is 2.37. The van der Waals surface area contributed by atoms with E-state index in [1.54, 1.807) is 6.20 Å². The molecule has 0 amide bonds. The maximum atomic E-state index is 5.98. The predicted octanol–water partition coefficient (Wildman–Crippen LogP) is 2.21. The third kappa shape index (κ3) is 2.64. The van der Waals surface area contributed by atoms with Gasteiger partial charge in [0.1, 0.15) is 0 Å². The number of pyridine rings is 1. The van der Waals surface area contributed by atoms with E-state index < -0.39 is 18.3 Å². The zero-order valence-corrected chi connectivity index (χ0v) is 12.4. The van der Waals surface area contributed by atoms with Crippen LogP contribution in [0.4, 0.5) is 0 Å². The molecule has 0 saturated carbocycles. The Hall–Kier alpha value is -1.02. The highest BCUT2D eigenvalue weighted by Crippen LogP contribution is 2.36. The zero-order chi connectivity index (χ0) is 14.3. The molecular formula is C14H17BClNO2. The third-order valence-corrected chi connectivity index (χ3v) is 3.94. The van der Waals surface area contributed by atoms with Crippen molar-refractivity contribution in [3.05, 3.63) is 22.8 Å². The van der Waals surface area contributed by atoms with E-state index >= 15 is 0 Å². The first kappa shape index (κ1) is 14.4. The predicted molar refractivity (Wildman–Crippen MR) is 77.5 cm³/mol. The van der Waals surface area contributed by atoms with Gasteiger partial charge in [0.2, 0.25) is 0 Å². The van der Waals surface area contributed by atoms with Crippen LogP contribution >= 0.6 is 11.6 Å². The van der Waals surface area contributed by atoms with Crippen LogP contribution in [0.25, 0.3) is 0 Å². The fourth-order valence-corrected chi connectivity index (χ4v) is 2.09. The van der Waals surface area contributed by atoms with Crippen molar-refractivity contribution < 1.29 is 9.31 Å². The molecule has 2 rings (SSSR count). The van der Waals surface area contributed by atoms with Gasteiger partial charge in [0, 0.05) is 12.6 Å². The average molecular weight is 278 g/mol. The molecule has 100 valence electrons. The largest absolute Gasteiger partial charge is 0.514 e. The molecule has 5 heteroatoms. The Labute approximate surface area is 119 Å². The summed E-state index contributed by atoms with van der Waals surface area (Å²) in [7, 11) is -0.509. The Morgan fingerprint density at radius 2 is 1.89 bits per heavy atom. The van der Waals surface area contributed by atoms with Gasteiger partial charge in [-0.25, -0.2) is 0 Å². The molecule has 0 spiro atoms. The maximum Gasteiger partial charge on any atom is 0.514 e. The van der Waals surface area contributed by atoms with E-state index in [1.807, 2.05) is 33.8 Å². The second kappa shape index (κ2) is 4.83. The van der Waals surface area contributed by atoms with Crippen LogP contribution in [-0.4, -0.2) is 23.3 Å². The van der Waals surface area contributed by atoms with E-state index in [9.17, 15) is 0 Å². The standard InChI is InChI=1S/C14H17BClNO2/c1-6-7-10-8-11(16)9-17-12(10)15-18-13(2,3)14(4,5)19-15/h1,8-9H,7H2,2-5H3. The van der Waals surface area contributed by atoms with E-state index in [4.69, 9.17) is 27.3 Å². The van der Waals surface area contributed by atoms with E-state index in [0.717, 1.165) is 5.56 Å². The van der Waals surface area contributed by atoms with Crippen molar-refractivity contribution in [2.75, 3.05) is 0 Å². The van der Waals surface area contributed by atoms with Gasteiger partial charge in [-0.2, -0.15) is 0 Å². The van der Waals surface area contributed by atoms with Crippen LogP contribution in [0.15, 0.2) is 12.3 Å². The third-order valence-electron chi connectivity index (χ3n) is 3.74. The highest BCUT2D eigenvalue weighted by molar-refractivity contribution is 6.61. The maximum absolute atomic E-state index is 5.98. The minimum Gasteiger partial charge on any atom is -0.398 e. The summed E-state index contributed by atoms with van der Waals surface area (Å²) in [5.74, 6) is 2.61. The number of hydrogen-bond acceptors (Lipinski definition) is 3. The van der Waals surface area contributed by atoms with Crippen LogP contribution in [0.1, 0.15) is 33.3 Å². The summed E-state index contributed by atoms with van der Waals surface area (Å²) < 4.78 is 12.0. The smallest absolute Gasteiger partial charge is 0.398 e. The first-order valence-electron chi connectivity index (χ1n) is 6.20. The van der Waals surface area contributed by atoms with E-state index in [0.29, 0.717) is 17.0 Å². The summed E-state index contributed by atoms with van der Waals surface area (Å²) in [4.78, 5) is 4.33. The topological polar surface area (TPSA) is 31.4 Å². The van der Waals surface area contributed by atoms with Gasteiger partial charge >= 0.3 is 7.12 Å². The minimum absolute atomic E-state index is 0.396. The Morgan fingerprint density at radius 1 is 1.32 bits per heavy atom. The van der Waals surface area contributed by atoms with Crippen molar-refractivity contribution in [2.45, 2.75) is 45.3 Å². The van der Waals surface area contributed by atoms with Crippen LogP contribution in [0.3, 0.4) is 0 Å². The summed E-state index contributed by atoms with van der Waals surface area (Å²) >= 11 is 5.96. The summed E-state index contributed by atoms with van der Waals surface area (Å²) in [6.45, 7) is 8.01. The molecule has 0 unspecified atom stereocenters. The van der Waals surface area contributed by atoms with Crippen LogP contribution in [0.2, 0.25) is 5.02 Å². The van der Waals surface area contributed by atoms with Crippen molar-refractivity contribution in [3.63, 3.8) is 0 Å². The normalized spacial score (nSPS) is 20.3. The minimum atomic E-state index is -0.509. The SMILES string of the molecule is C#CCc1cc(Cl)cnc1B1OC(C)(C)C(C)(C)O1. The molecule has 0 bridgehead atoms. The lowest BCUT2D eigenvalue weighted by molar-refractivity contribution is 0.00578. The molecule has 1 saturated heterocycles. The lowest BCUT2D eigenvalue weighted by atomic mass is 9.80. The summed E-state index contributed by atoms with van der Waals surface area (Å²) in [5.41, 5.74) is 0.785. The van der Waals surface area contributed by atoms with Crippen molar-refractivity contribution in [2.24, 2.45) is 0 Å². The van der Waals surface area contributed by atoms with Gasteiger partial charge in [-0.15, -0.1) is 12.3 Å². The molecular weight excluding hydrogens is 260 g/mol. The van der Waals surface area contributed by atoms with Gasteiger partial charge in [-0.05, 0) is 39.3 Å². The summed E-state index contributed by atoms with van der Waals surface area (Å²) in [5, 5.41) is 0.561. The van der Waals surface area contributed by atoms with E-state index in [-0.39, 0.29) is 0 Å². The Bertz CT molecular complexity index is 521. The molecule has 0 aromatic carbocycles. The van der Waals surface area contributed by atoms with E-state index in [1.165, 1.54) is 0 Å². The van der Waals surface area contributed by atoms with Crippen molar-refractivity contribution >= 4 is 24.3 Å². The number of terminal acetylenes is 1. The van der Waals surface area contributed by atoms with Crippen molar-refractivity contribution in [3.8, 4) is 12.3 Å². The number of nitrogens with zero attached hydrogens (tertiary/aromatic N) is 1. The molecule has 1 aliphatic heterocycles. The first-order chi connectivity index (χ1) is 8.77. The number of aromatic nitrogens is 1. The van der Waals surface area contributed by atoms with Gasteiger partial charge in [-0.1, -0.05) is 11.6 Å². The quantitative estimate of drug-likeness (QED) is 0.613.